The van der Waals surface area contributed by atoms with E-state index in [4.69, 9.17) is 5.11 Å². The molecule has 0 bridgehead atoms. The van der Waals surface area contributed by atoms with Crippen LogP contribution in [-0.2, 0) is 11.2 Å². The van der Waals surface area contributed by atoms with Gasteiger partial charge in [-0.25, -0.2) is 9.18 Å². The molecule has 0 spiro atoms. The molecule has 0 aliphatic carbocycles. The maximum atomic E-state index is 13.2. The van der Waals surface area contributed by atoms with Gasteiger partial charge < -0.3 is 15.5 Å². The number of hydrogen-bond donors (Lipinski definition) is 3. The summed E-state index contributed by atoms with van der Waals surface area (Å²) in [6, 6.07) is 3.14. The number of halogens is 1. The van der Waals surface area contributed by atoms with Crippen LogP contribution in [0, 0.1) is 5.82 Å². The first kappa shape index (κ1) is 15.1. The average Bonchev–Trinajstić information content (AvgIpc) is 2.29. The Bertz CT molecular complexity index is 488. The van der Waals surface area contributed by atoms with Crippen LogP contribution in [-0.4, -0.2) is 34.2 Å². The fraction of sp³-hybridized carbons (Fsp3) is 0.385. The molecule has 2 atom stereocenters. The van der Waals surface area contributed by atoms with Crippen LogP contribution < -0.4 is 5.32 Å². The molecule has 104 valence electrons. The summed E-state index contributed by atoms with van der Waals surface area (Å²) in [5.74, 6) is -2.47. The lowest BCUT2D eigenvalue weighted by Crippen LogP contribution is -2.42. The van der Waals surface area contributed by atoms with Gasteiger partial charge in [0, 0.05) is 6.92 Å². The molecule has 0 radical (unpaired) electrons. The van der Waals surface area contributed by atoms with Crippen LogP contribution in [0.4, 0.5) is 4.39 Å². The standard InChI is InChI=1S/C13H16FNO4/c1-7(16)12(15-8(2)17)6-9-3-4-11(14)10(5-9)13(18)19/h3-5,7,12,16H,6H2,1-2H3,(H,15,17)(H,18,19). The Morgan fingerprint density at radius 2 is 2.05 bits per heavy atom. The third-order valence-electron chi connectivity index (χ3n) is 2.69. The molecule has 0 aliphatic heterocycles. The van der Waals surface area contributed by atoms with Gasteiger partial charge in [0.25, 0.3) is 0 Å². The second-order valence-corrected chi connectivity index (χ2v) is 4.37. The van der Waals surface area contributed by atoms with Gasteiger partial charge in [-0.2, -0.15) is 0 Å². The summed E-state index contributed by atoms with van der Waals surface area (Å²) >= 11 is 0. The van der Waals surface area contributed by atoms with Crippen molar-refractivity contribution in [1.29, 1.82) is 0 Å². The third-order valence-corrected chi connectivity index (χ3v) is 2.69. The summed E-state index contributed by atoms with van der Waals surface area (Å²) < 4.78 is 13.2. The topological polar surface area (TPSA) is 86.6 Å². The number of carbonyl (C=O) groups excluding carboxylic acids is 1. The highest BCUT2D eigenvalue weighted by atomic mass is 19.1. The highest BCUT2D eigenvalue weighted by Crippen LogP contribution is 2.13. The monoisotopic (exact) mass is 269 g/mol. The maximum absolute atomic E-state index is 13.2. The normalized spacial score (nSPS) is 13.7. The largest absolute Gasteiger partial charge is 0.478 e. The van der Waals surface area contributed by atoms with Crippen LogP contribution in [0.25, 0.3) is 0 Å². The highest BCUT2D eigenvalue weighted by Gasteiger charge is 2.18. The number of aromatic carboxylic acids is 1. The Hall–Kier alpha value is -1.95. The zero-order chi connectivity index (χ0) is 14.6. The molecular formula is C13H16FNO4. The number of hydrogen-bond acceptors (Lipinski definition) is 3. The van der Waals surface area contributed by atoms with Crippen LogP contribution in [0.15, 0.2) is 18.2 Å². The summed E-state index contributed by atoms with van der Waals surface area (Å²) in [7, 11) is 0. The molecule has 0 saturated heterocycles. The molecule has 0 saturated carbocycles. The van der Waals surface area contributed by atoms with Gasteiger partial charge in [0.15, 0.2) is 0 Å². The molecule has 1 aromatic rings. The lowest BCUT2D eigenvalue weighted by atomic mass is 10.00. The second-order valence-electron chi connectivity index (χ2n) is 4.37. The Balaban J connectivity index is 2.93. The van der Waals surface area contributed by atoms with Crippen LogP contribution in [0.2, 0.25) is 0 Å². The number of aliphatic hydroxyl groups excluding tert-OH is 1. The maximum Gasteiger partial charge on any atom is 0.338 e. The number of rotatable bonds is 5. The van der Waals surface area contributed by atoms with E-state index >= 15 is 0 Å². The van der Waals surface area contributed by atoms with E-state index in [1.807, 2.05) is 0 Å². The van der Waals surface area contributed by atoms with Crippen LogP contribution in [0.5, 0.6) is 0 Å². The minimum Gasteiger partial charge on any atom is -0.478 e. The highest BCUT2D eigenvalue weighted by molar-refractivity contribution is 5.88. The minimum atomic E-state index is -1.35. The molecule has 1 amide bonds. The van der Waals surface area contributed by atoms with E-state index in [2.05, 4.69) is 5.32 Å². The smallest absolute Gasteiger partial charge is 0.338 e. The van der Waals surface area contributed by atoms with Gasteiger partial charge in [0.2, 0.25) is 5.91 Å². The Labute approximate surface area is 110 Å². The first-order chi connectivity index (χ1) is 8.81. The van der Waals surface area contributed by atoms with Gasteiger partial charge in [-0.15, -0.1) is 0 Å². The first-order valence-electron chi connectivity index (χ1n) is 5.78. The van der Waals surface area contributed by atoms with E-state index in [0.717, 1.165) is 6.07 Å². The predicted octanol–water partition coefficient (Wildman–Crippen LogP) is 0.952. The van der Waals surface area contributed by atoms with Gasteiger partial charge in [0.1, 0.15) is 5.82 Å². The van der Waals surface area contributed by atoms with Crippen molar-refractivity contribution in [3.8, 4) is 0 Å². The van der Waals surface area contributed by atoms with E-state index in [0.29, 0.717) is 5.56 Å². The molecule has 6 heteroatoms. The van der Waals surface area contributed by atoms with Crippen LogP contribution in [0.1, 0.15) is 29.8 Å². The first-order valence-corrected chi connectivity index (χ1v) is 5.78. The lowest BCUT2D eigenvalue weighted by molar-refractivity contribution is -0.120. The molecule has 2 unspecified atom stereocenters. The number of nitrogens with one attached hydrogen (secondary N) is 1. The summed E-state index contributed by atoms with van der Waals surface area (Å²) in [4.78, 5) is 21.8. The fourth-order valence-electron chi connectivity index (χ4n) is 1.72. The third kappa shape index (κ3) is 4.33. The van der Waals surface area contributed by atoms with Gasteiger partial charge >= 0.3 is 5.97 Å². The zero-order valence-electron chi connectivity index (χ0n) is 10.7. The molecule has 5 nitrogen and oxygen atoms in total. The lowest BCUT2D eigenvalue weighted by Gasteiger charge is -2.21. The van der Waals surface area contributed by atoms with Crippen molar-refractivity contribution in [3.63, 3.8) is 0 Å². The number of carbonyl (C=O) groups is 2. The summed E-state index contributed by atoms with van der Waals surface area (Å²) in [6.07, 6.45) is -0.583. The molecule has 3 N–H and O–H groups in total. The molecule has 1 rings (SSSR count). The van der Waals surface area contributed by atoms with E-state index in [-0.39, 0.29) is 12.3 Å². The Morgan fingerprint density at radius 3 is 2.53 bits per heavy atom. The number of benzene rings is 1. The number of carboxylic acid groups (broad SMARTS) is 1. The number of aliphatic hydroxyl groups is 1. The van der Waals surface area contributed by atoms with Crippen molar-refractivity contribution in [3.05, 3.63) is 35.1 Å². The summed E-state index contributed by atoms with van der Waals surface area (Å²) in [5, 5.41) is 20.9. The van der Waals surface area contributed by atoms with E-state index in [1.54, 1.807) is 0 Å². The number of carboxylic acids is 1. The van der Waals surface area contributed by atoms with Crippen molar-refractivity contribution in [2.75, 3.05) is 0 Å². The molecule has 1 aromatic carbocycles. The van der Waals surface area contributed by atoms with Crippen molar-refractivity contribution in [2.24, 2.45) is 0 Å². The van der Waals surface area contributed by atoms with Gasteiger partial charge in [-0.1, -0.05) is 6.07 Å². The second kappa shape index (κ2) is 6.29. The summed E-state index contributed by atoms with van der Waals surface area (Å²) in [6.45, 7) is 2.84. The fourth-order valence-corrected chi connectivity index (χ4v) is 1.72. The van der Waals surface area contributed by atoms with Crippen LogP contribution >= 0.6 is 0 Å². The average molecular weight is 269 g/mol. The van der Waals surface area contributed by atoms with E-state index in [9.17, 15) is 19.1 Å². The van der Waals surface area contributed by atoms with E-state index < -0.39 is 29.5 Å². The minimum absolute atomic E-state index is 0.220. The number of amides is 1. The Morgan fingerprint density at radius 1 is 1.42 bits per heavy atom. The van der Waals surface area contributed by atoms with Gasteiger partial charge in [0.05, 0.1) is 17.7 Å². The molecule has 0 aromatic heterocycles. The summed E-state index contributed by atoms with van der Waals surface area (Å²) in [5.41, 5.74) is 0.100. The molecule has 0 fully saturated rings. The molecule has 0 heterocycles. The molecular weight excluding hydrogens is 253 g/mol. The quantitative estimate of drug-likeness (QED) is 0.743. The predicted molar refractivity (Wildman–Crippen MR) is 66.3 cm³/mol. The van der Waals surface area contributed by atoms with Crippen molar-refractivity contribution >= 4 is 11.9 Å². The molecule has 0 aliphatic rings. The van der Waals surface area contributed by atoms with Crippen molar-refractivity contribution in [2.45, 2.75) is 32.4 Å². The Kier molecular flexibility index (Phi) is 5.00. The van der Waals surface area contributed by atoms with E-state index in [1.165, 1.54) is 26.0 Å². The van der Waals surface area contributed by atoms with Crippen LogP contribution in [0.3, 0.4) is 0 Å². The van der Waals surface area contributed by atoms with Gasteiger partial charge in [-0.3, -0.25) is 4.79 Å². The van der Waals surface area contributed by atoms with Crippen molar-refractivity contribution in [1.82, 2.24) is 5.32 Å². The van der Waals surface area contributed by atoms with Gasteiger partial charge in [-0.05, 0) is 31.0 Å². The van der Waals surface area contributed by atoms with Crippen molar-refractivity contribution < 1.29 is 24.2 Å². The molecule has 19 heavy (non-hydrogen) atoms. The SMILES string of the molecule is CC(=O)NC(Cc1ccc(F)c(C(=O)O)c1)C(C)O. The zero-order valence-corrected chi connectivity index (χ0v) is 10.7.